The van der Waals surface area contributed by atoms with Gasteiger partial charge in [-0.1, -0.05) is 36.4 Å². The van der Waals surface area contributed by atoms with Crippen LogP contribution in [0.4, 0.5) is 5.69 Å². The topological polar surface area (TPSA) is 45.2 Å². The average molecular weight is 404 g/mol. The van der Waals surface area contributed by atoms with Crippen molar-refractivity contribution in [3.63, 3.8) is 0 Å². The number of likely N-dealkylation sites (tertiary alicyclic amines) is 1. The molecule has 5 rings (SSSR count). The number of aromatic nitrogens is 1. The van der Waals surface area contributed by atoms with E-state index in [1.54, 1.807) is 11.3 Å². The van der Waals surface area contributed by atoms with Gasteiger partial charge in [-0.15, -0.1) is 11.3 Å². The fourth-order valence-electron chi connectivity index (χ4n) is 4.68. The van der Waals surface area contributed by atoms with Gasteiger partial charge >= 0.3 is 0 Å². The molecule has 0 spiro atoms. The van der Waals surface area contributed by atoms with Crippen LogP contribution in [0.1, 0.15) is 24.0 Å². The van der Waals surface area contributed by atoms with E-state index in [-0.39, 0.29) is 11.8 Å². The predicted octanol–water partition coefficient (Wildman–Crippen LogP) is 4.63. The van der Waals surface area contributed by atoms with Crippen molar-refractivity contribution in [3.8, 4) is 11.3 Å². The van der Waals surface area contributed by atoms with Gasteiger partial charge in [-0.3, -0.25) is 9.69 Å². The van der Waals surface area contributed by atoms with E-state index in [1.807, 2.05) is 35.2 Å². The summed E-state index contributed by atoms with van der Waals surface area (Å²) in [7, 11) is 0. The molecular formula is C24H25N3OS. The molecule has 4 nitrogen and oxygen atoms in total. The van der Waals surface area contributed by atoms with Gasteiger partial charge in [0.05, 0.1) is 11.2 Å². The summed E-state index contributed by atoms with van der Waals surface area (Å²) in [5, 5.41) is 5.16. The Morgan fingerprint density at radius 1 is 1.03 bits per heavy atom. The molecule has 5 heteroatoms. The number of benzene rings is 2. The Hall–Kier alpha value is -2.50. The van der Waals surface area contributed by atoms with Crippen LogP contribution in [0.2, 0.25) is 0 Å². The van der Waals surface area contributed by atoms with Gasteiger partial charge < -0.3 is 5.32 Å². The molecule has 1 amide bonds. The van der Waals surface area contributed by atoms with Crippen LogP contribution in [0.3, 0.4) is 0 Å². The maximum atomic E-state index is 12.8. The summed E-state index contributed by atoms with van der Waals surface area (Å²) in [4.78, 5) is 19.8. The van der Waals surface area contributed by atoms with Crippen molar-refractivity contribution >= 4 is 22.9 Å². The number of nitrogens with zero attached hydrogens (tertiary/aromatic N) is 2. The fraction of sp³-hybridized carbons (Fsp3) is 0.333. The number of nitrogens with one attached hydrogen (secondary N) is 1. The number of hydrogen-bond acceptors (Lipinski definition) is 4. The third-order valence-corrected chi connectivity index (χ3v) is 6.89. The highest BCUT2D eigenvalue weighted by molar-refractivity contribution is 7.07. The molecule has 1 aliphatic heterocycles. The van der Waals surface area contributed by atoms with Gasteiger partial charge in [0.25, 0.3) is 0 Å². The van der Waals surface area contributed by atoms with Crippen molar-refractivity contribution in [2.45, 2.75) is 31.7 Å². The maximum Gasteiger partial charge on any atom is 0.227 e. The molecule has 2 heterocycles. The Bertz CT molecular complexity index is 968. The Morgan fingerprint density at radius 3 is 2.48 bits per heavy atom. The molecule has 0 bridgehead atoms. The van der Waals surface area contributed by atoms with Crippen molar-refractivity contribution in [2.75, 3.05) is 18.4 Å². The quantitative estimate of drug-likeness (QED) is 0.691. The standard InChI is InChI=1S/C24H25N3OS/c28-24(26-21-7-3-6-20(12-21)23-15-29-16-25-23)17-8-10-27(11-9-17)22-13-18-4-1-2-5-19(18)14-22/h1-7,12,15-17,22H,8-11,13-14H2,(H,26,28). The molecule has 2 aliphatic rings. The van der Waals surface area contributed by atoms with E-state index in [0.29, 0.717) is 6.04 Å². The summed E-state index contributed by atoms with van der Waals surface area (Å²) in [6.45, 7) is 2.02. The number of rotatable bonds is 4. The molecule has 1 saturated heterocycles. The number of carbonyl (C=O) groups is 1. The Balaban J connectivity index is 1.17. The number of anilines is 1. The molecule has 2 aromatic carbocycles. The third kappa shape index (κ3) is 3.98. The molecular weight excluding hydrogens is 378 g/mol. The minimum Gasteiger partial charge on any atom is -0.326 e. The van der Waals surface area contributed by atoms with E-state index < -0.39 is 0 Å². The lowest BCUT2D eigenvalue weighted by molar-refractivity contribution is -0.121. The molecule has 0 atom stereocenters. The molecule has 1 aliphatic carbocycles. The Morgan fingerprint density at radius 2 is 1.79 bits per heavy atom. The van der Waals surface area contributed by atoms with Crippen molar-refractivity contribution in [3.05, 3.63) is 70.5 Å². The summed E-state index contributed by atoms with van der Waals surface area (Å²) in [5.41, 5.74) is 7.68. The minimum atomic E-state index is 0.0953. The van der Waals surface area contributed by atoms with E-state index in [0.717, 1.165) is 55.7 Å². The number of carbonyl (C=O) groups excluding carboxylic acids is 1. The highest BCUT2D eigenvalue weighted by Crippen LogP contribution is 2.29. The van der Waals surface area contributed by atoms with Crippen LogP contribution in [0.5, 0.6) is 0 Å². The largest absolute Gasteiger partial charge is 0.326 e. The van der Waals surface area contributed by atoms with Crippen LogP contribution >= 0.6 is 11.3 Å². The van der Waals surface area contributed by atoms with Gasteiger partial charge in [-0.25, -0.2) is 4.98 Å². The molecule has 0 saturated carbocycles. The molecule has 0 radical (unpaired) electrons. The first-order valence-corrected chi connectivity index (χ1v) is 11.3. The van der Waals surface area contributed by atoms with Crippen molar-refractivity contribution in [2.24, 2.45) is 5.92 Å². The van der Waals surface area contributed by atoms with Crippen LogP contribution in [0.25, 0.3) is 11.3 Å². The summed E-state index contributed by atoms with van der Waals surface area (Å²) in [6.07, 6.45) is 4.17. The molecule has 1 aromatic heterocycles. The fourth-order valence-corrected chi connectivity index (χ4v) is 5.24. The first kappa shape index (κ1) is 18.5. The normalized spacial score (nSPS) is 17.9. The van der Waals surface area contributed by atoms with Crippen LogP contribution in [-0.4, -0.2) is 34.9 Å². The monoisotopic (exact) mass is 403 g/mol. The number of amides is 1. The van der Waals surface area contributed by atoms with Gasteiger partial charge in [0.1, 0.15) is 0 Å². The lowest BCUT2D eigenvalue weighted by Gasteiger charge is -2.35. The zero-order valence-corrected chi connectivity index (χ0v) is 17.2. The first-order chi connectivity index (χ1) is 14.3. The van der Waals surface area contributed by atoms with E-state index in [4.69, 9.17) is 0 Å². The van der Waals surface area contributed by atoms with Gasteiger partial charge in [0, 0.05) is 28.6 Å². The predicted molar refractivity (Wildman–Crippen MR) is 118 cm³/mol. The van der Waals surface area contributed by atoms with Crippen molar-refractivity contribution in [1.82, 2.24) is 9.88 Å². The Kier molecular flexibility index (Phi) is 5.17. The van der Waals surface area contributed by atoms with Crippen molar-refractivity contribution in [1.29, 1.82) is 0 Å². The van der Waals surface area contributed by atoms with E-state index in [1.165, 1.54) is 11.1 Å². The molecule has 148 valence electrons. The summed E-state index contributed by atoms with van der Waals surface area (Å²) >= 11 is 1.58. The van der Waals surface area contributed by atoms with Crippen LogP contribution < -0.4 is 5.32 Å². The number of piperidine rings is 1. The van der Waals surface area contributed by atoms with E-state index in [2.05, 4.69) is 39.5 Å². The molecule has 1 fully saturated rings. The summed E-state index contributed by atoms with van der Waals surface area (Å²) in [6, 6.07) is 17.4. The highest BCUT2D eigenvalue weighted by atomic mass is 32.1. The number of hydrogen-bond donors (Lipinski definition) is 1. The van der Waals surface area contributed by atoms with Crippen LogP contribution in [-0.2, 0) is 17.6 Å². The second-order valence-electron chi connectivity index (χ2n) is 8.08. The maximum absolute atomic E-state index is 12.8. The van der Waals surface area contributed by atoms with Gasteiger partial charge in [0.2, 0.25) is 5.91 Å². The first-order valence-electron chi connectivity index (χ1n) is 10.4. The second-order valence-corrected chi connectivity index (χ2v) is 8.80. The summed E-state index contributed by atoms with van der Waals surface area (Å²) in [5.74, 6) is 0.243. The van der Waals surface area contributed by atoms with Gasteiger partial charge in [0.15, 0.2) is 0 Å². The van der Waals surface area contributed by atoms with Crippen molar-refractivity contribution < 1.29 is 4.79 Å². The number of thiazole rings is 1. The summed E-state index contributed by atoms with van der Waals surface area (Å²) < 4.78 is 0. The van der Waals surface area contributed by atoms with E-state index in [9.17, 15) is 4.79 Å². The Labute approximate surface area is 175 Å². The lowest BCUT2D eigenvalue weighted by Crippen LogP contribution is -2.44. The minimum absolute atomic E-state index is 0.0953. The smallest absolute Gasteiger partial charge is 0.227 e. The highest BCUT2D eigenvalue weighted by Gasteiger charge is 2.31. The zero-order valence-electron chi connectivity index (χ0n) is 16.4. The molecule has 1 N–H and O–H groups in total. The molecule has 29 heavy (non-hydrogen) atoms. The number of fused-ring (bicyclic) bond motifs is 1. The molecule has 3 aromatic rings. The van der Waals surface area contributed by atoms with E-state index >= 15 is 0 Å². The van der Waals surface area contributed by atoms with Gasteiger partial charge in [-0.05, 0) is 62.0 Å². The third-order valence-electron chi connectivity index (χ3n) is 6.30. The second kappa shape index (κ2) is 8.09. The van der Waals surface area contributed by atoms with Gasteiger partial charge in [-0.2, -0.15) is 0 Å². The van der Waals surface area contributed by atoms with Crippen LogP contribution in [0, 0.1) is 5.92 Å². The van der Waals surface area contributed by atoms with Crippen LogP contribution in [0.15, 0.2) is 59.4 Å². The zero-order chi connectivity index (χ0) is 19.6. The average Bonchev–Trinajstić information content (AvgIpc) is 3.44. The SMILES string of the molecule is O=C(Nc1cccc(-c2cscn2)c1)C1CCN(C2Cc3ccccc3C2)CC1. The lowest BCUT2D eigenvalue weighted by atomic mass is 9.94. The molecule has 0 unspecified atom stereocenters.